The van der Waals surface area contributed by atoms with Gasteiger partial charge in [-0.3, -0.25) is 4.79 Å². The summed E-state index contributed by atoms with van der Waals surface area (Å²) in [6.07, 6.45) is 5.34. The van der Waals surface area contributed by atoms with Crippen molar-refractivity contribution in [3.63, 3.8) is 0 Å². The van der Waals surface area contributed by atoms with E-state index in [4.69, 9.17) is 9.47 Å². The molecule has 0 fully saturated rings. The van der Waals surface area contributed by atoms with E-state index in [-0.39, 0.29) is 5.91 Å². The van der Waals surface area contributed by atoms with E-state index in [0.29, 0.717) is 30.4 Å². The maximum Gasteiger partial charge on any atom is 0.248 e. The van der Waals surface area contributed by atoms with Gasteiger partial charge in [-0.15, -0.1) is 11.8 Å². The van der Waals surface area contributed by atoms with Crippen molar-refractivity contribution in [3.05, 3.63) is 54.1 Å². The van der Waals surface area contributed by atoms with Gasteiger partial charge < -0.3 is 14.8 Å². The van der Waals surface area contributed by atoms with Crippen LogP contribution in [-0.4, -0.2) is 25.4 Å². The molecule has 1 aliphatic rings. The Morgan fingerprint density at radius 2 is 1.83 bits per heavy atom. The van der Waals surface area contributed by atoms with Gasteiger partial charge in [0.25, 0.3) is 0 Å². The molecule has 1 amide bonds. The first-order valence-corrected chi connectivity index (χ1v) is 8.50. The zero-order valence-corrected chi connectivity index (χ0v) is 13.6. The molecule has 0 bridgehead atoms. The van der Waals surface area contributed by atoms with Crippen molar-refractivity contribution in [2.24, 2.45) is 0 Å². The van der Waals surface area contributed by atoms with E-state index >= 15 is 0 Å². The van der Waals surface area contributed by atoms with Gasteiger partial charge in [-0.1, -0.05) is 12.1 Å². The third-order valence-electron chi connectivity index (χ3n) is 3.35. The number of thioether (sulfide) groups is 1. The monoisotopic (exact) mass is 327 g/mol. The summed E-state index contributed by atoms with van der Waals surface area (Å²) in [6, 6.07) is 13.4. The van der Waals surface area contributed by atoms with Gasteiger partial charge in [0.2, 0.25) is 5.91 Å². The molecule has 1 aliphatic heterocycles. The van der Waals surface area contributed by atoms with Crippen molar-refractivity contribution in [2.45, 2.75) is 4.90 Å². The second-order valence-corrected chi connectivity index (χ2v) is 5.83. The number of nitrogens with one attached hydrogen (secondary N) is 1. The summed E-state index contributed by atoms with van der Waals surface area (Å²) >= 11 is 1.69. The van der Waals surface area contributed by atoms with Crippen LogP contribution >= 0.6 is 11.8 Å². The number of carbonyl (C=O) groups excluding carboxylic acids is 1. The van der Waals surface area contributed by atoms with Crippen LogP contribution in [0, 0.1) is 0 Å². The van der Waals surface area contributed by atoms with Gasteiger partial charge in [-0.25, -0.2) is 0 Å². The van der Waals surface area contributed by atoms with E-state index in [0.717, 1.165) is 5.56 Å². The molecule has 0 unspecified atom stereocenters. The largest absolute Gasteiger partial charge is 0.486 e. The van der Waals surface area contributed by atoms with Crippen molar-refractivity contribution in [3.8, 4) is 11.5 Å². The van der Waals surface area contributed by atoms with Gasteiger partial charge in [-0.05, 0) is 42.2 Å². The van der Waals surface area contributed by atoms with Crippen LogP contribution in [-0.2, 0) is 4.79 Å². The highest BCUT2D eigenvalue weighted by Gasteiger charge is 2.12. The molecule has 0 saturated carbocycles. The van der Waals surface area contributed by atoms with Gasteiger partial charge >= 0.3 is 0 Å². The van der Waals surface area contributed by atoms with Crippen molar-refractivity contribution in [1.29, 1.82) is 0 Å². The minimum absolute atomic E-state index is 0.185. The quantitative estimate of drug-likeness (QED) is 0.685. The van der Waals surface area contributed by atoms with Gasteiger partial charge in [-0.2, -0.15) is 0 Å². The Kier molecular flexibility index (Phi) is 4.88. The van der Waals surface area contributed by atoms with Crippen LogP contribution in [0.15, 0.2) is 53.4 Å². The Bertz CT molecular complexity index is 726. The minimum Gasteiger partial charge on any atom is -0.486 e. The Morgan fingerprint density at radius 3 is 2.57 bits per heavy atom. The number of fused-ring (bicyclic) bond motifs is 1. The number of anilines is 1. The first-order chi connectivity index (χ1) is 11.2. The van der Waals surface area contributed by atoms with E-state index < -0.39 is 0 Å². The first kappa shape index (κ1) is 15.5. The summed E-state index contributed by atoms with van der Waals surface area (Å²) < 4.78 is 11.0. The molecule has 0 radical (unpaired) electrons. The van der Waals surface area contributed by atoms with Gasteiger partial charge in [0, 0.05) is 22.7 Å². The van der Waals surface area contributed by atoms with Crippen molar-refractivity contribution in [1.82, 2.24) is 0 Å². The molecule has 0 atom stereocenters. The van der Waals surface area contributed by atoms with Crippen LogP contribution in [0.3, 0.4) is 0 Å². The molecule has 23 heavy (non-hydrogen) atoms. The third kappa shape index (κ3) is 4.07. The average molecular weight is 327 g/mol. The summed E-state index contributed by atoms with van der Waals surface area (Å²) in [5, 5.41) is 2.82. The third-order valence-corrected chi connectivity index (χ3v) is 4.10. The molecule has 2 aromatic carbocycles. The molecule has 5 heteroatoms. The zero-order valence-electron chi connectivity index (χ0n) is 12.7. The highest BCUT2D eigenvalue weighted by Crippen LogP contribution is 2.32. The first-order valence-electron chi connectivity index (χ1n) is 7.27. The Morgan fingerprint density at radius 1 is 1.09 bits per heavy atom. The number of carbonyl (C=O) groups is 1. The van der Waals surface area contributed by atoms with Crippen molar-refractivity contribution >= 4 is 29.4 Å². The molecule has 1 heterocycles. The number of hydrogen-bond donors (Lipinski definition) is 1. The fraction of sp³-hybridized carbons (Fsp3) is 0.167. The van der Waals surface area contributed by atoms with E-state index in [1.165, 1.54) is 11.0 Å². The highest BCUT2D eigenvalue weighted by molar-refractivity contribution is 7.98. The molecule has 0 spiro atoms. The van der Waals surface area contributed by atoms with E-state index in [1.807, 2.05) is 30.5 Å². The summed E-state index contributed by atoms with van der Waals surface area (Å²) in [6.45, 7) is 1.08. The number of rotatable bonds is 4. The standard InChI is InChI=1S/C18H17NO3S/c1-23-15-6-2-13(3-7-15)4-9-18(20)19-14-5-8-16-17(12-14)22-11-10-21-16/h2-9,12H,10-11H2,1H3,(H,19,20). The smallest absolute Gasteiger partial charge is 0.248 e. The topological polar surface area (TPSA) is 47.6 Å². The average Bonchev–Trinajstić information content (AvgIpc) is 2.60. The van der Waals surface area contributed by atoms with Crippen LogP contribution in [0.25, 0.3) is 6.08 Å². The number of hydrogen-bond acceptors (Lipinski definition) is 4. The van der Waals surface area contributed by atoms with Crippen LogP contribution in [0.4, 0.5) is 5.69 Å². The number of ether oxygens (including phenoxy) is 2. The lowest BCUT2D eigenvalue weighted by Gasteiger charge is -2.18. The summed E-state index contributed by atoms with van der Waals surface area (Å²) in [5.41, 5.74) is 1.67. The molecule has 118 valence electrons. The molecular formula is C18H17NO3S. The molecule has 3 rings (SSSR count). The lowest BCUT2D eigenvalue weighted by atomic mass is 10.2. The van der Waals surface area contributed by atoms with Crippen molar-refractivity contribution in [2.75, 3.05) is 24.8 Å². The van der Waals surface area contributed by atoms with Crippen LogP contribution in [0.1, 0.15) is 5.56 Å². The summed E-state index contributed by atoms with van der Waals surface area (Å²) in [5.74, 6) is 1.18. The number of benzene rings is 2. The molecule has 4 nitrogen and oxygen atoms in total. The molecule has 0 aliphatic carbocycles. The van der Waals surface area contributed by atoms with E-state index in [2.05, 4.69) is 5.32 Å². The van der Waals surface area contributed by atoms with Crippen LogP contribution < -0.4 is 14.8 Å². The fourth-order valence-corrected chi connectivity index (χ4v) is 2.60. The molecular weight excluding hydrogens is 310 g/mol. The molecule has 1 N–H and O–H groups in total. The predicted octanol–water partition coefficient (Wildman–Crippen LogP) is 3.83. The van der Waals surface area contributed by atoms with Gasteiger partial charge in [0.1, 0.15) is 13.2 Å². The van der Waals surface area contributed by atoms with Gasteiger partial charge in [0.05, 0.1) is 0 Å². The maximum absolute atomic E-state index is 12.0. The molecule has 0 saturated heterocycles. The number of amides is 1. The van der Waals surface area contributed by atoms with Gasteiger partial charge in [0.15, 0.2) is 11.5 Å². The second kappa shape index (κ2) is 7.24. The van der Waals surface area contributed by atoms with E-state index in [1.54, 1.807) is 36.0 Å². The SMILES string of the molecule is CSc1ccc(C=CC(=O)Nc2ccc3c(c2)OCCO3)cc1. The van der Waals surface area contributed by atoms with Crippen LogP contribution in [0.5, 0.6) is 11.5 Å². The Balaban J connectivity index is 1.63. The normalized spacial score (nSPS) is 13.1. The maximum atomic E-state index is 12.0. The molecule has 0 aromatic heterocycles. The lowest BCUT2D eigenvalue weighted by Crippen LogP contribution is -2.16. The van der Waals surface area contributed by atoms with E-state index in [9.17, 15) is 4.79 Å². The Labute approximate surface area is 139 Å². The zero-order chi connectivity index (χ0) is 16.1. The van der Waals surface area contributed by atoms with Crippen LogP contribution in [0.2, 0.25) is 0 Å². The van der Waals surface area contributed by atoms with Crippen molar-refractivity contribution < 1.29 is 14.3 Å². The highest BCUT2D eigenvalue weighted by atomic mass is 32.2. The minimum atomic E-state index is -0.185. The summed E-state index contributed by atoms with van der Waals surface area (Å²) in [7, 11) is 0. The lowest BCUT2D eigenvalue weighted by molar-refractivity contribution is -0.111. The predicted molar refractivity (Wildman–Crippen MR) is 93.3 cm³/mol. The Hall–Kier alpha value is -2.40. The fourth-order valence-electron chi connectivity index (χ4n) is 2.19. The second-order valence-electron chi connectivity index (χ2n) is 4.95. The summed E-state index contributed by atoms with van der Waals surface area (Å²) in [4.78, 5) is 13.2. The molecule has 2 aromatic rings.